The van der Waals surface area contributed by atoms with Crippen LogP contribution in [0.2, 0.25) is 0 Å². The first-order valence-electron chi connectivity index (χ1n) is 22.7. The van der Waals surface area contributed by atoms with E-state index in [1.54, 1.807) is 0 Å². The fourth-order valence-electron chi connectivity index (χ4n) is 6.93. The summed E-state index contributed by atoms with van der Waals surface area (Å²) >= 11 is 0. The van der Waals surface area contributed by atoms with E-state index in [0.717, 1.165) is 64.2 Å². The largest absolute Gasteiger partial charge is 0.391 e. The molecule has 2 atom stereocenters. The van der Waals surface area contributed by atoms with E-state index in [0.29, 0.717) is 12.8 Å². The van der Waals surface area contributed by atoms with Gasteiger partial charge < -0.3 is 10.4 Å². The van der Waals surface area contributed by atoms with E-state index < -0.39 is 28.0 Å². The summed E-state index contributed by atoms with van der Waals surface area (Å²) in [7, 11) is -4.32. The first kappa shape index (κ1) is 51.6. The fraction of sp³-hybridized carbons (Fsp3) is 0.848. The number of hydrogen-bond acceptors (Lipinski definition) is 4. The minimum atomic E-state index is -4.32. The number of aliphatic hydroxyl groups is 1. The normalized spacial score (nSPS) is 13.5. The number of carbonyl (C=O) groups excluding carboxylic acids is 1. The van der Waals surface area contributed by atoms with Crippen molar-refractivity contribution in [3.05, 3.63) is 36.5 Å². The van der Waals surface area contributed by atoms with Crippen molar-refractivity contribution in [3.8, 4) is 0 Å². The summed E-state index contributed by atoms with van der Waals surface area (Å²) in [4.78, 5) is 12.6. The van der Waals surface area contributed by atoms with Crippen molar-refractivity contribution in [1.82, 2.24) is 5.32 Å². The second-order valence-electron chi connectivity index (χ2n) is 15.7. The van der Waals surface area contributed by atoms with Crippen molar-refractivity contribution in [3.63, 3.8) is 0 Å². The number of carbonyl (C=O) groups is 1. The van der Waals surface area contributed by atoms with Crippen molar-refractivity contribution < 1.29 is 22.9 Å². The standard InChI is InChI=1S/C46H87NO5S/c1-3-5-7-9-11-13-15-17-19-21-22-23-24-26-28-30-32-34-36-38-40-42-46(49)47-44(43-53(50,51)52)45(48)41-39-37-35-33-31-29-27-25-20-18-16-14-12-10-8-6-4-2/h15,17,21-22,24,26,44-45,48H,3-14,16,18-20,23,25,27-43H2,1-2H3,(H,47,49)(H,50,51,52)/b17-15-,22-21-,26-24-. The molecule has 0 aromatic carbocycles. The average Bonchev–Trinajstić information content (AvgIpc) is 3.12. The molecule has 312 valence electrons. The van der Waals surface area contributed by atoms with Crippen LogP contribution < -0.4 is 5.32 Å². The van der Waals surface area contributed by atoms with Crippen LogP contribution in [-0.4, -0.2) is 41.9 Å². The summed E-state index contributed by atoms with van der Waals surface area (Å²) in [5, 5.41) is 13.4. The van der Waals surface area contributed by atoms with E-state index in [1.807, 2.05) is 0 Å². The Labute approximate surface area is 329 Å². The lowest BCUT2D eigenvalue weighted by Gasteiger charge is -2.23. The van der Waals surface area contributed by atoms with Gasteiger partial charge in [0.25, 0.3) is 10.1 Å². The Morgan fingerprint density at radius 3 is 1.25 bits per heavy atom. The third kappa shape index (κ3) is 41.6. The second-order valence-corrected chi connectivity index (χ2v) is 17.2. The number of allylic oxidation sites excluding steroid dienone is 6. The number of nitrogens with one attached hydrogen (secondary N) is 1. The Morgan fingerprint density at radius 1 is 0.509 bits per heavy atom. The molecule has 0 aromatic heterocycles. The molecular weight excluding hydrogens is 679 g/mol. The average molecular weight is 766 g/mol. The van der Waals surface area contributed by atoms with E-state index in [4.69, 9.17) is 0 Å². The molecule has 0 fully saturated rings. The molecule has 7 heteroatoms. The molecule has 53 heavy (non-hydrogen) atoms. The summed E-state index contributed by atoms with van der Waals surface area (Å²) in [6.07, 6.45) is 52.3. The molecule has 0 aliphatic heterocycles. The summed E-state index contributed by atoms with van der Waals surface area (Å²) in [6, 6.07) is -0.978. The zero-order chi connectivity index (χ0) is 38.9. The Morgan fingerprint density at radius 2 is 0.849 bits per heavy atom. The molecule has 6 nitrogen and oxygen atoms in total. The smallest absolute Gasteiger partial charge is 0.266 e. The van der Waals surface area contributed by atoms with Gasteiger partial charge in [-0.1, -0.05) is 211 Å². The summed E-state index contributed by atoms with van der Waals surface area (Å²) in [5.41, 5.74) is 0. The minimum Gasteiger partial charge on any atom is -0.391 e. The number of amides is 1. The Balaban J connectivity index is 3.85. The molecule has 0 bridgehead atoms. The van der Waals surface area contributed by atoms with Gasteiger partial charge in [0.1, 0.15) is 0 Å². The molecule has 1 amide bonds. The van der Waals surface area contributed by atoms with Crippen LogP contribution in [0.5, 0.6) is 0 Å². The highest BCUT2D eigenvalue weighted by Gasteiger charge is 2.26. The first-order valence-corrected chi connectivity index (χ1v) is 24.3. The molecule has 0 heterocycles. The third-order valence-corrected chi connectivity index (χ3v) is 11.1. The van der Waals surface area contributed by atoms with Crippen molar-refractivity contribution in [2.45, 2.75) is 244 Å². The maximum atomic E-state index is 12.6. The van der Waals surface area contributed by atoms with Crippen LogP contribution in [0, 0.1) is 0 Å². The SMILES string of the molecule is CCCCCCC/C=C\C/C=C\C/C=C\CCCCCCCCC(=O)NC(CS(=O)(=O)O)C(O)CCCCCCCCCCCCCCCCCCC. The van der Waals surface area contributed by atoms with E-state index >= 15 is 0 Å². The highest BCUT2D eigenvalue weighted by Crippen LogP contribution is 2.16. The van der Waals surface area contributed by atoms with E-state index in [9.17, 15) is 22.9 Å². The highest BCUT2D eigenvalue weighted by atomic mass is 32.2. The molecule has 0 saturated heterocycles. The summed E-state index contributed by atoms with van der Waals surface area (Å²) < 4.78 is 32.6. The lowest BCUT2D eigenvalue weighted by atomic mass is 10.0. The van der Waals surface area contributed by atoms with Gasteiger partial charge in [0, 0.05) is 6.42 Å². The summed E-state index contributed by atoms with van der Waals surface area (Å²) in [6.45, 7) is 4.52. The molecule has 3 N–H and O–H groups in total. The van der Waals surface area contributed by atoms with Gasteiger partial charge in [-0.15, -0.1) is 0 Å². The number of unbranched alkanes of at least 4 members (excludes halogenated alkanes) is 27. The van der Waals surface area contributed by atoms with Gasteiger partial charge in [0.05, 0.1) is 17.9 Å². The van der Waals surface area contributed by atoms with Gasteiger partial charge >= 0.3 is 0 Å². The Hall–Kier alpha value is -1.44. The van der Waals surface area contributed by atoms with E-state index in [1.165, 1.54) is 141 Å². The van der Waals surface area contributed by atoms with Crippen molar-refractivity contribution in [1.29, 1.82) is 0 Å². The highest BCUT2D eigenvalue weighted by molar-refractivity contribution is 7.85. The number of aliphatic hydroxyl groups excluding tert-OH is 1. The molecule has 2 unspecified atom stereocenters. The molecule has 0 saturated carbocycles. The lowest BCUT2D eigenvalue weighted by Crippen LogP contribution is -2.47. The third-order valence-electron chi connectivity index (χ3n) is 10.3. The molecule has 0 rings (SSSR count). The predicted molar refractivity (Wildman–Crippen MR) is 230 cm³/mol. The predicted octanol–water partition coefficient (Wildman–Crippen LogP) is 13.7. The van der Waals surface area contributed by atoms with Crippen LogP contribution in [0.15, 0.2) is 36.5 Å². The van der Waals surface area contributed by atoms with Crippen molar-refractivity contribution >= 4 is 16.0 Å². The monoisotopic (exact) mass is 766 g/mol. The van der Waals surface area contributed by atoms with Gasteiger partial charge in [-0.3, -0.25) is 9.35 Å². The van der Waals surface area contributed by atoms with Crippen LogP contribution in [-0.2, 0) is 14.9 Å². The fourth-order valence-corrected chi connectivity index (χ4v) is 7.69. The molecule has 0 aromatic rings. The molecule has 0 aliphatic rings. The van der Waals surface area contributed by atoms with Gasteiger partial charge in [-0.25, -0.2) is 0 Å². The van der Waals surface area contributed by atoms with Crippen LogP contribution in [0.25, 0.3) is 0 Å². The zero-order valence-electron chi connectivity index (χ0n) is 34.9. The van der Waals surface area contributed by atoms with Crippen LogP contribution in [0.4, 0.5) is 0 Å². The van der Waals surface area contributed by atoms with Gasteiger partial charge in [0.2, 0.25) is 5.91 Å². The van der Waals surface area contributed by atoms with Gasteiger partial charge in [-0.2, -0.15) is 8.42 Å². The number of hydrogen-bond donors (Lipinski definition) is 3. The Kier molecular flexibility index (Phi) is 39.1. The minimum absolute atomic E-state index is 0.256. The molecule has 0 radical (unpaired) electrons. The molecular formula is C46H87NO5S. The molecule has 0 aliphatic carbocycles. The second kappa shape index (κ2) is 40.2. The quantitative estimate of drug-likeness (QED) is 0.0327. The van der Waals surface area contributed by atoms with E-state index in [2.05, 4.69) is 55.6 Å². The maximum Gasteiger partial charge on any atom is 0.266 e. The lowest BCUT2D eigenvalue weighted by molar-refractivity contribution is -0.122. The van der Waals surface area contributed by atoms with Gasteiger partial charge in [-0.05, 0) is 51.4 Å². The van der Waals surface area contributed by atoms with Crippen LogP contribution >= 0.6 is 0 Å². The van der Waals surface area contributed by atoms with Crippen LogP contribution in [0.3, 0.4) is 0 Å². The maximum absolute atomic E-state index is 12.6. The van der Waals surface area contributed by atoms with Crippen LogP contribution in [0.1, 0.15) is 232 Å². The number of rotatable bonds is 41. The van der Waals surface area contributed by atoms with E-state index in [-0.39, 0.29) is 5.91 Å². The topological polar surface area (TPSA) is 104 Å². The molecule has 0 spiro atoms. The van der Waals surface area contributed by atoms with Crippen molar-refractivity contribution in [2.75, 3.05) is 5.75 Å². The Bertz CT molecular complexity index is 976. The zero-order valence-corrected chi connectivity index (χ0v) is 35.7. The summed E-state index contributed by atoms with van der Waals surface area (Å²) in [5.74, 6) is -0.909. The first-order chi connectivity index (χ1) is 25.8. The van der Waals surface area contributed by atoms with Gasteiger partial charge in [0.15, 0.2) is 0 Å². The van der Waals surface area contributed by atoms with Crippen molar-refractivity contribution in [2.24, 2.45) is 0 Å².